The number of aryl methyl sites for hydroxylation is 2. The number of methoxy groups -OCH3 is 1. The molecule has 0 bridgehead atoms. The van der Waals surface area contributed by atoms with Gasteiger partial charge in [0.2, 0.25) is 0 Å². The van der Waals surface area contributed by atoms with Crippen molar-refractivity contribution in [3.63, 3.8) is 0 Å². The maximum atomic E-state index is 12.8. The first-order chi connectivity index (χ1) is 13.0. The summed E-state index contributed by atoms with van der Waals surface area (Å²) in [7, 11) is 1.54. The molecule has 0 fully saturated rings. The zero-order chi connectivity index (χ0) is 19.1. The van der Waals surface area contributed by atoms with Crippen molar-refractivity contribution in [2.75, 3.05) is 12.4 Å². The van der Waals surface area contributed by atoms with Crippen LogP contribution in [0, 0.1) is 13.8 Å². The summed E-state index contributed by atoms with van der Waals surface area (Å²) in [5.74, 6) is 0.388. The Morgan fingerprint density at radius 1 is 1.00 bits per heavy atom. The van der Waals surface area contributed by atoms with Crippen LogP contribution in [-0.4, -0.2) is 13.0 Å². The molecule has 6 heteroatoms. The van der Waals surface area contributed by atoms with Crippen molar-refractivity contribution in [2.45, 2.75) is 13.8 Å². The van der Waals surface area contributed by atoms with Gasteiger partial charge >= 0.3 is 5.63 Å². The molecule has 6 nitrogen and oxygen atoms in total. The number of anilines is 1. The van der Waals surface area contributed by atoms with Gasteiger partial charge in [0, 0.05) is 22.9 Å². The molecule has 2 aromatic heterocycles. The highest BCUT2D eigenvalue weighted by Crippen LogP contribution is 2.36. The number of fused-ring (bicyclic) bond motifs is 3. The van der Waals surface area contributed by atoms with Crippen LogP contribution in [-0.2, 0) is 0 Å². The Bertz CT molecular complexity index is 1220. The Morgan fingerprint density at radius 3 is 2.52 bits per heavy atom. The monoisotopic (exact) mass is 363 g/mol. The maximum Gasteiger partial charge on any atom is 0.336 e. The number of carbonyl (C=O) groups is 1. The lowest BCUT2D eigenvalue weighted by Crippen LogP contribution is -2.17. The van der Waals surface area contributed by atoms with E-state index in [0.717, 1.165) is 16.4 Å². The number of hydrogen-bond donors (Lipinski definition) is 1. The van der Waals surface area contributed by atoms with Gasteiger partial charge in [-0.3, -0.25) is 4.79 Å². The lowest BCUT2D eigenvalue weighted by atomic mass is 10.1. The van der Waals surface area contributed by atoms with Crippen LogP contribution < -0.4 is 15.7 Å². The highest BCUT2D eigenvalue weighted by molar-refractivity contribution is 6.10. The summed E-state index contributed by atoms with van der Waals surface area (Å²) in [6.45, 7) is 3.28. The van der Waals surface area contributed by atoms with Crippen LogP contribution in [0.4, 0.5) is 5.69 Å². The van der Waals surface area contributed by atoms with E-state index in [0.29, 0.717) is 28.1 Å². The number of furan rings is 1. The standard InChI is InChI=1S/C21H17NO5/c1-11-8-19(23)26-12(2)20(11)21(24)22-15-10-17-14(9-18(15)25-3)13-6-4-5-7-16(13)27-17/h4-10H,1-3H3,(H,22,24). The quantitative estimate of drug-likeness (QED) is 0.583. The minimum Gasteiger partial charge on any atom is -0.495 e. The number of benzene rings is 2. The molecule has 27 heavy (non-hydrogen) atoms. The average Bonchev–Trinajstić information content (AvgIpc) is 2.97. The van der Waals surface area contributed by atoms with Crippen molar-refractivity contribution in [3.8, 4) is 5.75 Å². The predicted octanol–water partition coefficient (Wildman–Crippen LogP) is 4.42. The molecule has 1 amide bonds. The molecule has 0 spiro atoms. The zero-order valence-electron chi connectivity index (χ0n) is 15.1. The van der Waals surface area contributed by atoms with E-state index >= 15 is 0 Å². The minimum atomic E-state index is -0.483. The molecule has 0 unspecified atom stereocenters. The topological polar surface area (TPSA) is 81.7 Å². The number of amides is 1. The second-order valence-electron chi connectivity index (χ2n) is 6.28. The number of ether oxygens (including phenoxy) is 1. The Balaban J connectivity index is 1.80. The van der Waals surface area contributed by atoms with E-state index in [4.69, 9.17) is 13.6 Å². The van der Waals surface area contributed by atoms with Crippen LogP contribution in [0.15, 0.2) is 56.1 Å². The van der Waals surface area contributed by atoms with Gasteiger partial charge < -0.3 is 18.9 Å². The third kappa shape index (κ3) is 2.85. The predicted molar refractivity (Wildman–Crippen MR) is 103 cm³/mol. The first-order valence-electron chi connectivity index (χ1n) is 8.40. The first kappa shape index (κ1) is 16.9. The molecule has 136 valence electrons. The second kappa shape index (κ2) is 6.32. The fourth-order valence-electron chi connectivity index (χ4n) is 3.30. The van der Waals surface area contributed by atoms with E-state index in [9.17, 15) is 9.59 Å². The van der Waals surface area contributed by atoms with Crippen molar-refractivity contribution < 1.29 is 18.4 Å². The Hall–Kier alpha value is -3.54. The van der Waals surface area contributed by atoms with Gasteiger partial charge in [-0.25, -0.2) is 4.79 Å². The van der Waals surface area contributed by atoms with Crippen molar-refractivity contribution in [2.24, 2.45) is 0 Å². The van der Waals surface area contributed by atoms with Crippen LogP contribution in [0.2, 0.25) is 0 Å². The number of rotatable bonds is 3. The number of hydrogen-bond acceptors (Lipinski definition) is 5. The van der Waals surface area contributed by atoms with Crippen molar-refractivity contribution >= 4 is 33.5 Å². The largest absolute Gasteiger partial charge is 0.495 e. The van der Waals surface area contributed by atoms with Crippen LogP contribution in [0.25, 0.3) is 21.9 Å². The smallest absolute Gasteiger partial charge is 0.336 e. The zero-order valence-corrected chi connectivity index (χ0v) is 15.1. The normalized spacial score (nSPS) is 11.1. The molecule has 4 rings (SSSR count). The van der Waals surface area contributed by atoms with Gasteiger partial charge in [0.15, 0.2) is 0 Å². The molecule has 0 aliphatic heterocycles. The molecule has 0 saturated carbocycles. The van der Waals surface area contributed by atoms with Crippen molar-refractivity contribution in [1.29, 1.82) is 0 Å². The summed E-state index contributed by atoms with van der Waals surface area (Å²) >= 11 is 0. The lowest BCUT2D eigenvalue weighted by Gasteiger charge is -2.12. The third-order valence-electron chi connectivity index (χ3n) is 4.51. The molecular weight excluding hydrogens is 346 g/mol. The van der Waals surface area contributed by atoms with Gasteiger partial charge in [0.1, 0.15) is 22.7 Å². The van der Waals surface area contributed by atoms with E-state index < -0.39 is 5.63 Å². The summed E-state index contributed by atoms with van der Waals surface area (Å²) in [4.78, 5) is 24.2. The van der Waals surface area contributed by atoms with E-state index in [2.05, 4.69) is 5.32 Å². The summed E-state index contributed by atoms with van der Waals surface area (Å²) < 4.78 is 16.4. The Morgan fingerprint density at radius 2 is 1.78 bits per heavy atom. The van der Waals surface area contributed by atoms with Gasteiger partial charge in [0.05, 0.1) is 18.4 Å². The van der Waals surface area contributed by atoms with Gasteiger partial charge in [0.25, 0.3) is 5.91 Å². The highest BCUT2D eigenvalue weighted by Gasteiger charge is 2.19. The molecule has 2 heterocycles. The van der Waals surface area contributed by atoms with Crippen LogP contribution in [0.3, 0.4) is 0 Å². The van der Waals surface area contributed by atoms with Crippen molar-refractivity contribution in [1.82, 2.24) is 0 Å². The SMILES string of the molecule is COc1cc2c(cc1NC(=O)c1c(C)cc(=O)oc1C)oc1ccccc12. The van der Waals surface area contributed by atoms with Crippen LogP contribution in [0.5, 0.6) is 5.75 Å². The minimum absolute atomic E-state index is 0.265. The molecule has 0 atom stereocenters. The molecule has 1 N–H and O–H groups in total. The second-order valence-corrected chi connectivity index (χ2v) is 6.28. The number of nitrogens with one attached hydrogen (secondary N) is 1. The summed E-state index contributed by atoms with van der Waals surface area (Å²) in [6, 6.07) is 12.6. The van der Waals surface area contributed by atoms with E-state index in [1.165, 1.54) is 13.2 Å². The Labute approximate surface area is 154 Å². The van der Waals surface area contributed by atoms with Gasteiger partial charge in [-0.2, -0.15) is 0 Å². The molecular formula is C21H17NO5. The fraction of sp³-hybridized carbons (Fsp3) is 0.143. The average molecular weight is 363 g/mol. The first-order valence-corrected chi connectivity index (χ1v) is 8.40. The maximum absolute atomic E-state index is 12.8. The van der Waals surface area contributed by atoms with Gasteiger partial charge in [-0.1, -0.05) is 18.2 Å². The molecule has 0 aliphatic carbocycles. The van der Waals surface area contributed by atoms with E-state index in [-0.39, 0.29) is 11.7 Å². The highest BCUT2D eigenvalue weighted by atomic mass is 16.5. The van der Waals surface area contributed by atoms with Gasteiger partial charge in [-0.05, 0) is 31.5 Å². The third-order valence-corrected chi connectivity index (χ3v) is 4.51. The lowest BCUT2D eigenvalue weighted by molar-refractivity contribution is 0.102. The van der Waals surface area contributed by atoms with E-state index in [1.807, 2.05) is 30.3 Å². The van der Waals surface area contributed by atoms with Crippen molar-refractivity contribution in [3.05, 3.63) is 69.8 Å². The van der Waals surface area contributed by atoms with Crippen LogP contribution in [0.1, 0.15) is 21.7 Å². The number of carbonyl (C=O) groups excluding carboxylic acids is 1. The number of para-hydroxylation sites is 1. The molecule has 4 aromatic rings. The molecule has 0 aliphatic rings. The summed E-state index contributed by atoms with van der Waals surface area (Å²) in [5, 5.41) is 4.70. The molecule has 0 radical (unpaired) electrons. The van der Waals surface area contributed by atoms with Crippen LogP contribution >= 0.6 is 0 Å². The molecule has 2 aromatic carbocycles. The fourth-order valence-corrected chi connectivity index (χ4v) is 3.30. The Kier molecular flexibility index (Phi) is 3.96. The summed E-state index contributed by atoms with van der Waals surface area (Å²) in [5.41, 5.74) is 2.25. The van der Waals surface area contributed by atoms with Gasteiger partial charge in [-0.15, -0.1) is 0 Å². The summed E-state index contributed by atoms with van der Waals surface area (Å²) in [6.07, 6.45) is 0. The van der Waals surface area contributed by atoms with E-state index in [1.54, 1.807) is 19.9 Å². The molecule has 0 saturated heterocycles.